The third-order valence-corrected chi connectivity index (χ3v) is 7.73. The zero-order valence-electron chi connectivity index (χ0n) is 22.6. The van der Waals surface area contributed by atoms with E-state index in [1.807, 2.05) is 0 Å². The first kappa shape index (κ1) is 29.3. The highest BCUT2D eigenvalue weighted by Gasteiger charge is 2.57. The molecule has 0 aromatic heterocycles. The number of para-hydroxylation sites is 1. The van der Waals surface area contributed by atoms with E-state index in [-0.39, 0.29) is 18.5 Å². The van der Waals surface area contributed by atoms with Crippen LogP contribution in [-0.4, -0.2) is 65.9 Å². The molecule has 0 spiro atoms. The minimum absolute atomic E-state index is 0.218. The molecular weight excluding hydrogens is 529 g/mol. The average molecular weight is 566 g/mol. The maximum atomic E-state index is 13.9. The number of nitrogens with one attached hydrogen (secondary N) is 1. The van der Waals surface area contributed by atoms with Gasteiger partial charge in [-0.2, -0.15) is 5.09 Å². The van der Waals surface area contributed by atoms with Crippen molar-refractivity contribution in [3.8, 4) is 5.75 Å². The maximum Gasteiger partial charge on any atom is 0.459 e. The van der Waals surface area contributed by atoms with Crippen LogP contribution in [0.5, 0.6) is 5.75 Å². The fraction of sp³-hybridized carbons (Fsp3) is 0.538. The minimum Gasteiger partial charge on any atom is -0.462 e. The molecule has 3 N–H and O–H groups in total. The summed E-state index contributed by atoms with van der Waals surface area (Å²) in [6, 6.07) is 7.47. The van der Waals surface area contributed by atoms with Crippen LogP contribution in [0.1, 0.15) is 41.0 Å². The highest BCUT2D eigenvalue weighted by molar-refractivity contribution is 7.52. The number of benzene rings is 1. The lowest BCUT2D eigenvalue weighted by atomic mass is 10.1. The lowest BCUT2D eigenvalue weighted by Crippen LogP contribution is -2.40. The van der Waals surface area contributed by atoms with Crippen LogP contribution in [0.15, 0.2) is 54.4 Å². The van der Waals surface area contributed by atoms with Gasteiger partial charge in [-0.25, -0.2) is 4.57 Å². The largest absolute Gasteiger partial charge is 0.462 e. The molecule has 3 aliphatic rings. The summed E-state index contributed by atoms with van der Waals surface area (Å²) < 4.78 is 49.2. The predicted molar refractivity (Wildman–Crippen MR) is 140 cm³/mol. The topological polar surface area (TPSA) is 148 Å². The maximum absolute atomic E-state index is 13.9. The van der Waals surface area contributed by atoms with Gasteiger partial charge < -0.3 is 34.1 Å². The Morgan fingerprint density at radius 2 is 1.87 bits per heavy atom. The van der Waals surface area contributed by atoms with Crippen molar-refractivity contribution in [2.45, 2.75) is 83.5 Å². The van der Waals surface area contributed by atoms with Crippen LogP contribution in [0.25, 0.3) is 0 Å². The van der Waals surface area contributed by atoms with Crippen molar-refractivity contribution in [1.82, 2.24) is 9.99 Å². The number of nitrogens with two attached hydrogens (primary N) is 1. The smallest absolute Gasteiger partial charge is 0.459 e. The third-order valence-electron chi connectivity index (χ3n) is 6.09. The Morgan fingerprint density at radius 3 is 2.54 bits per heavy atom. The quantitative estimate of drug-likeness (QED) is 0.301. The molecule has 0 radical (unpaired) electrons. The zero-order valence-corrected chi connectivity index (χ0v) is 23.5. The van der Waals surface area contributed by atoms with Crippen LogP contribution in [-0.2, 0) is 37.6 Å². The molecule has 0 aliphatic carbocycles. The number of esters is 1. The molecule has 3 heterocycles. The fourth-order valence-electron chi connectivity index (χ4n) is 4.44. The van der Waals surface area contributed by atoms with Crippen LogP contribution in [0, 0.1) is 0 Å². The highest BCUT2D eigenvalue weighted by atomic mass is 31.2. The van der Waals surface area contributed by atoms with Gasteiger partial charge in [0.15, 0.2) is 12.0 Å². The Balaban J connectivity index is 1.52. The summed E-state index contributed by atoms with van der Waals surface area (Å²) in [4.78, 5) is 25.9. The number of fused-ring (bicyclic) bond motifs is 1. The highest BCUT2D eigenvalue weighted by Crippen LogP contribution is 2.47. The molecule has 0 saturated carbocycles. The number of primary amides is 1. The normalized spacial score (nSPS) is 27.9. The molecule has 1 aromatic carbocycles. The van der Waals surface area contributed by atoms with Gasteiger partial charge in [-0.15, -0.1) is 0 Å². The Kier molecular flexibility index (Phi) is 8.85. The monoisotopic (exact) mass is 565 g/mol. The minimum atomic E-state index is -4.12. The number of nitrogens with zero attached hydrogens (tertiary/aromatic N) is 1. The van der Waals surface area contributed by atoms with Crippen molar-refractivity contribution in [2.24, 2.45) is 5.73 Å². The summed E-state index contributed by atoms with van der Waals surface area (Å²) in [5.41, 5.74) is 5.90. The molecular formula is C26H36N3O9P. The molecule has 4 rings (SSSR count). The molecule has 13 heteroatoms. The first-order valence-electron chi connectivity index (χ1n) is 12.8. The van der Waals surface area contributed by atoms with Gasteiger partial charge in [-0.05, 0) is 53.2 Å². The van der Waals surface area contributed by atoms with Crippen LogP contribution in [0.4, 0.5) is 0 Å². The number of hydrogen-bond donors (Lipinski definition) is 2. The summed E-state index contributed by atoms with van der Waals surface area (Å²) in [7, 11) is -4.12. The third kappa shape index (κ3) is 7.27. The number of allylic oxidation sites excluding steroid dienone is 1. The van der Waals surface area contributed by atoms with Crippen LogP contribution >= 0.6 is 7.75 Å². The van der Waals surface area contributed by atoms with Gasteiger partial charge >= 0.3 is 13.7 Å². The second kappa shape index (κ2) is 11.8. The van der Waals surface area contributed by atoms with Crippen molar-refractivity contribution >= 4 is 19.6 Å². The summed E-state index contributed by atoms with van der Waals surface area (Å²) >= 11 is 0. The van der Waals surface area contributed by atoms with Gasteiger partial charge in [0.2, 0.25) is 5.91 Å². The first-order valence-corrected chi connectivity index (χ1v) is 14.3. The van der Waals surface area contributed by atoms with Gasteiger partial charge in [0.05, 0.1) is 12.7 Å². The molecule has 1 aromatic rings. The van der Waals surface area contributed by atoms with Crippen LogP contribution in [0.3, 0.4) is 0 Å². The first-order chi connectivity index (χ1) is 18.4. The molecule has 39 heavy (non-hydrogen) atoms. The predicted octanol–water partition coefficient (Wildman–Crippen LogP) is 2.95. The molecule has 3 aliphatic heterocycles. The second-order valence-corrected chi connectivity index (χ2v) is 11.9. The Morgan fingerprint density at radius 1 is 1.18 bits per heavy atom. The lowest BCUT2D eigenvalue weighted by Gasteiger charge is -2.31. The Labute approximate surface area is 228 Å². The van der Waals surface area contributed by atoms with E-state index in [0.29, 0.717) is 12.0 Å². The lowest BCUT2D eigenvalue weighted by molar-refractivity contribution is -0.201. The van der Waals surface area contributed by atoms with E-state index < -0.39 is 56.0 Å². The molecule has 214 valence electrons. The van der Waals surface area contributed by atoms with Gasteiger partial charge in [0.1, 0.15) is 30.1 Å². The summed E-state index contributed by atoms with van der Waals surface area (Å²) in [5.74, 6) is -1.77. The standard InChI is InChI=1S/C26H36N3O9P/c1-16(2)34-25(31)17(3)28-39(32,38-19-11-7-6-8-12-19)33-15-20-21-22(37-26(4,5)36-21)24(35-20)29-13-9-10-18(14-29)23(27)30/h6-9,11-14,16-17,20-22,24H,10,15H2,1-5H3,(H2,27,30)(H,28,32)/t17-,20?,21+,22+,24+,39?/m0/s1. The molecule has 2 fully saturated rings. The van der Waals surface area contributed by atoms with E-state index in [0.717, 1.165) is 0 Å². The van der Waals surface area contributed by atoms with E-state index in [1.165, 1.54) is 6.92 Å². The molecule has 2 saturated heterocycles. The number of rotatable bonds is 11. The molecule has 1 amide bonds. The van der Waals surface area contributed by atoms with E-state index in [9.17, 15) is 14.2 Å². The number of amides is 1. The van der Waals surface area contributed by atoms with E-state index in [4.69, 9.17) is 33.7 Å². The van der Waals surface area contributed by atoms with Crippen LogP contribution in [0.2, 0.25) is 0 Å². The van der Waals surface area contributed by atoms with Crippen molar-refractivity contribution in [3.05, 3.63) is 54.4 Å². The number of carbonyl (C=O) groups excluding carboxylic acids is 2. The van der Waals surface area contributed by atoms with E-state index in [2.05, 4.69) is 5.09 Å². The number of hydrogen-bond acceptors (Lipinski definition) is 10. The average Bonchev–Trinajstić information content (AvgIpc) is 3.35. The number of carbonyl (C=O) groups is 2. The van der Waals surface area contributed by atoms with E-state index in [1.54, 1.807) is 81.4 Å². The Bertz CT molecular complexity index is 1160. The zero-order chi connectivity index (χ0) is 28.4. The van der Waals surface area contributed by atoms with Gasteiger partial charge in [-0.3, -0.25) is 14.1 Å². The second-order valence-electron chi connectivity index (χ2n) is 10.2. The summed E-state index contributed by atoms with van der Waals surface area (Å²) in [6.07, 6.45) is 2.72. The molecule has 12 nitrogen and oxygen atoms in total. The number of ether oxygens (including phenoxy) is 4. The summed E-state index contributed by atoms with van der Waals surface area (Å²) in [6.45, 7) is 8.29. The van der Waals surface area contributed by atoms with Gasteiger partial charge in [-0.1, -0.05) is 24.3 Å². The fourth-order valence-corrected chi connectivity index (χ4v) is 5.94. The molecule has 6 atom stereocenters. The van der Waals surface area contributed by atoms with Crippen molar-refractivity contribution in [3.63, 3.8) is 0 Å². The SMILES string of the molecule is CC(C)OC(=O)[C@H](C)NP(=O)(OCC1O[C@@H](N2C=CCC(C(N)=O)=C2)[C@@H]2OC(C)(C)O[C@H]12)Oc1ccccc1. The van der Waals surface area contributed by atoms with E-state index >= 15 is 0 Å². The Hall–Kier alpha value is -2.73. The van der Waals surface area contributed by atoms with Crippen molar-refractivity contribution in [2.75, 3.05) is 6.61 Å². The van der Waals surface area contributed by atoms with Gasteiger partial charge in [0, 0.05) is 18.0 Å². The molecule has 2 unspecified atom stereocenters. The summed E-state index contributed by atoms with van der Waals surface area (Å²) in [5, 5.41) is 2.67. The van der Waals surface area contributed by atoms with Crippen molar-refractivity contribution in [1.29, 1.82) is 0 Å². The van der Waals surface area contributed by atoms with Crippen LogP contribution < -0.4 is 15.3 Å². The molecule has 0 bridgehead atoms. The van der Waals surface area contributed by atoms with Gasteiger partial charge in [0.25, 0.3) is 0 Å². The van der Waals surface area contributed by atoms with Crippen molar-refractivity contribution < 1.29 is 42.1 Å².